The van der Waals surface area contributed by atoms with Crippen LogP contribution in [0.4, 0.5) is 11.4 Å². The van der Waals surface area contributed by atoms with Crippen LogP contribution in [-0.2, 0) is 33.4 Å². The van der Waals surface area contributed by atoms with Gasteiger partial charge in [-0.25, -0.2) is 4.79 Å². The monoisotopic (exact) mass is 837 g/mol. The standard InChI is InChI=1S/C26H39N3O5.C18H24N2O6/c1-18(2)29(20-11-8-7-9-12-20)23(30)19-13-14-22-21(17-19)28(15-10-16-33-6)25(32)26(3,34-22)24(31)27(4)5;1-18(16(22)19(2)3)17(23)20(9-6-10-24-4)13-11-12(15(21)25-5)7-8-14(13)26-18/h13-14,17-18,20H,7-12,15-16H2,1-6H3;7-8,11H,6,9-10H2,1-5H3. The Morgan fingerprint density at radius 2 is 1.15 bits per heavy atom. The van der Waals surface area contributed by atoms with Crippen LogP contribution in [0.15, 0.2) is 36.4 Å². The van der Waals surface area contributed by atoms with Gasteiger partial charge in [0.05, 0.1) is 24.0 Å². The Hall–Kier alpha value is -5.22. The Morgan fingerprint density at radius 3 is 1.55 bits per heavy atom. The number of carbonyl (C=O) groups excluding carboxylic acids is 6. The van der Waals surface area contributed by atoms with E-state index in [4.69, 9.17) is 23.7 Å². The number of amides is 5. The van der Waals surface area contributed by atoms with Gasteiger partial charge in [0.25, 0.3) is 40.7 Å². The Balaban J connectivity index is 0.000000275. The molecule has 1 fully saturated rings. The molecule has 0 saturated heterocycles. The molecule has 0 radical (unpaired) electrons. The van der Waals surface area contributed by atoms with E-state index in [0.717, 1.165) is 25.7 Å². The number of ether oxygens (including phenoxy) is 5. The molecule has 3 aliphatic rings. The highest BCUT2D eigenvalue weighted by Gasteiger charge is 2.53. The minimum absolute atomic E-state index is 0.0355. The lowest BCUT2D eigenvalue weighted by Gasteiger charge is -2.41. The Labute approximate surface area is 353 Å². The van der Waals surface area contributed by atoms with E-state index in [1.54, 1.807) is 71.6 Å². The second kappa shape index (κ2) is 20.4. The van der Waals surface area contributed by atoms with Crippen molar-refractivity contribution in [1.82, 2.24) is 14.7 Å². The van der Waals surface area contributed by atoms with E-state index in [1.807, 2.05) is 18.7 Å². The zero-order valence-electron chi connectivity index (χ0n) is 37.1. The minimum atomic E-state index is -1.67. The van der Waals surface area contributed by atoms with Crippen molar-refractivity contribution in [2.45, 2.75) is 95.9 Å². The van der Waals surface area contributed by atoms with E-state index in [-0.39, 0.29) is 18.0 Å². The molecule has 2 aliphatic heterocycles. The van der Waals surface area contributed by atoms with Gasteiger partial charge in [0, 0.05) is 86.4 Å². The third-order valence-corrected chi connectivity index (χ3v) is 11.0. The molecule has 16 nitrogen and oxygen atoms in total. The van der Waals surface area contributed by atoms with Crippen LogP contribution >= 0.6 is 0 Å². The van der Waals surface area contributed by atoms with Crippen molar-refractivity contribution in [3.8, 4) is 11.5 Å². The predicted octanol–water partition coefficient (Wildman–Crippen LogP) is 4.56. The van der Waals surface area contributed by atoms with Crippen molar-refractivity contribution in [1.29, 1.82) is 0 Å². The lowest BCUT2D eigenvalue weighted by Crippen LogP contribution is -2.62. The van der Waals surface area contributed by atoms with Gasteiger partial charge < -0.3 is 48.2 Å². The van der Waals surface area contributed by atoms with Crippen LogP contribution in [-0.4, -0.2) is 149 Å². The summed E-state index contributed by atoms with van der Waals surface area (Å²) in [5.41, 5.74) is -1.57. The molecule has 0 spiro atoms. The first-order valence-corrected chi connectivity index (χ1v) is 20.5. The van der Waals surface area contributed by atoms with Gasteiger partial charge in [-0.05, 0) is 89.8 Å². The van der Waals surface area contributed by atoms with Gasteiger partial charge >= 0.3 is 5.97 Å². The Kier molecular flexibility index (Phi) is 16.1. The number of likely N-dealkylation sites (N-methyl/N-ethyl adjacent to an activating group) is 2. The van der Waals surface area contributed by atoms with Crippen LogP contribution in [0.2, 0.25) is 0 Å². The molecular formula is C44H63N5O11. The van der Waals surface area contributed by atoms with Gasteiger partial charge in [-0.2, -0.15) is 0 Å². The molecule has 2 atom stereocenters. The normalized spacial score (nSPS) is 19.9. The Morgan fingerprint density at radius 1 is 0.717 bits per heavy atom. The molecule has 2 aromatic rings. The van der Waals surface area contributed by atoms with E-state index >= 15 is 0 Å². The number of methoxy groups -OCH3 is 3. The molecule has 2 heterocycles. The quantitative estimate of drug-likeness (QED) is 0.149. The first-order valence-electron chi connectivity index (χ1n) is 20.5. The number of carbonyl (C=O) groups is 6. The summed E-state index contributed by atoms with van der Waals surface area (Å²) in [6.07, 6.45) is 6.69. The van der Waals surface area contributed by atoms with Gasteiger partial charge in [-0.1, -0.05) is 19.3 Å². The van der Waals surface area contributed by atoms with E-state index in [2.05, 4.69) is 0 Å². The lowest BCUT2D eigenvalue weighted by molar-refractivity contribution is -0.155. The first-order chi connectivity index (χ1) is 28.4. The highest BCUT2D eigenvalue weighted by molar-refractivity contribution is 6.17. The van der Waals surface area contributed by atoms with Crippen molar-refractivity contribution in [3.05, 3.63) is 47.5 Å². The fourth-order valence-electron chi connectivity index (χ4n) is 7.90. The molecule has 1 aliphatic carbocycles. The highest BCUT2D eigenvalue weighted by atomic mass is 16.5. The van der Waals surface area contributed by atoms with E-state index in [0.29, 0.717) is 73.1 Å². The van der Waals surface area contributed by atoms with Gasteiger partial charge in [-0.3, -0.25) is 24.0 Å². The number of hydrogen-bond acceptors (Lipinski definition) is 11. The molecule has 5 amide bonds. The maximum absolute atomic E-state index is 13.6. The predicted molar refractivity (Wildman–Crippen MR) is 226 cm³/mol. The number of anilines is 2. The summed E-state index contributed by atoms with van der Waals surface area (Å²) in [5, 5.41) is 0. The van der Waals surface area contributed by atoms with Crippen LogP contribution in [0, 0.1) is 0 Å². The first kappa shape index (κ1) is 47.5. The van der Waals surface area contributed by atoms with Crippen molar-refractivity contribution < 1.29 is 52.5 Å². The maximum atomic E-state index is 13.6. The van der Waals surface area contributed by atoms with E-state index < -0.39 is 40.8 Å². The Bertz CT molecular complexity index is 1900. The maximum Gasteiger partial charge on any atom is 0.337 e. The number of rotatable bonds is 14. The molecule has 1 saturated carbocycles. The molecule has 0 bridgehead atoms. The van der Waals surface area contributed by atoms with Crippen LogP contribution in [0.5, 0.6) is 11.5 Å². The minimum Gasteiger partial charge on any atom is -0.465 e. The van der Waals surface area contributed by atoms with Crippen molar-refractivity contribution in [2.75, 3.05) is 85.6 Å². The number of benzene rings is 2. The molecule has 2 unspecified atom stereocenters. The average molecular weight is 838 g/mol. The van der Waals surface area contributed by atoms with Crippen LogP contribution in [0.3, 0.4) is 0 Å². The molecule has 330 valence electrons. The SMILES string of the molecule is COCCCN1C(=O)C(C)(C(=O)N(C)C)Oc2ccc(C(=O)N(C(C)C)C3CCCCC3)cc21.COCCCN1C(=O)C(C)(C(=O)N(C)C)Oc2ccc(C(=O)OC)cc21. The fraction of sp³-hybridized carbons (Fsp3) is 0.591. The van der Waals surface area contributed by atoms with E-state index in [9.17, 15) is 28.8 Å². The molecule has 2 aromatic carbocycles. The van der Waals surface area contributed by atoms with Crippen LogP contribution < -0.4 is 19.3 Å². The molecule has 0 N–H and O–H groups in total. The second-order valence-corrected chi connectivity index (χ2v) is 16.2. The third-order valence-electron chi connectivity index (χ3n) is 11.0. The van der Waals surface area contributed by atoms with E-state index in [1.165, 1.54) is 54.2 Å². The summed E-state index contributed by atoms with van der Waals surface area (Å²) >= 11 is 0. The summed E-state index contributed by atoms with van der Waals surface area (Å²) in [5.74, 6) is -1.59. The molecule has 5 rings (SSSR count). The van der Waals surface area contributed by atoms with Crippen molar-refractivity contribution >= 4 is 46.9 Å². The number of esters is 1. The van der Waals surface area contributed by atoms with Crippen LogP contribution in [0.1, 0.15) is 93.4 Å². The summed E-state index contributed by atoms with van der Waals surface area (Å²) in [4.78, 5) is 85.3. The zero-order chi connectivity index (χ0) is 44.5. The summed E-state index contributed by atoms with van der Waals surface area (Å²) in [6.45, 7) is 8.66. The lowest BCUT2D eigenvalue weighted by atomic mass is 9.92. The molecular weight excluding hydrogens is 775 g/mol. The van der Waals surface area contributed by atoms with Crippen molar-refractivity contribution in [2.24, 2.45) is 0 Å². The number of fused-ring (bicyclic) bond motifs is 2. The smallest absolute Gasteiger partial charge is 0.337 e. The van der Waals surface area contributed by atoms with Gasteiger partial charge in [0.15, 0.2) is 0 Å². The molecule has 60 heavy (non-hydrogen) atoms. The summed E-state index contributed by atoms with van der Waals surface area (Å²) < 4.78 is 26.8. The molecule has 16 heteroatoms. The average Bonchev–Trinajstić information content (AvgIpc) is 3.23. The largest absolute Gasteiger partial charge is 0.465 e. The fourth-order valence-corrected chi connectivity index (χ4v) is 7.90. The summed E-state index contributed by atoms with van der Waals surface area (Å²) in [6, 6.07) is 10.1. The highest BCUT2D eigenvalue weighted by Crippen LogP contribution is 2.41. The van der Waals surface area contributed by atoms with Crippen molar-refractivity contribution in [3.63, 3.8) is 0 Å². The number of nitrogens with zero attached hydrogens (tertiary/aromatic N) is 5. The van der Waals surface area contributed by atoms with Gasteiger partial charge in [0.1, 0.15) is 11.5 Å². The molecule has 0 aromatic heterocycles. The van der Waals surface area contributed by atoms with Gasteiger partial charge in [0.2, 0.25) is 0 Å². The zero-order valence-corrected chi connectivity index (χ0v) is 37.1. The third kappa shape index (κ3) is 10.0. The number of hydrogen-bond donors (Lipinski definition) is 0. The van der Waals surface area contributed by atoms with Gasteiger partial charge in [-0.15, -0.1) is 0 Å². The topological polar surface area (TPSA) is 165 Å². The van der Waals surface area contributed by atoms with Crippen LogP contribution in [0.25, 0.3) is 0 Å². The second-order valence-electron chi connectivity index (χ2n) is 16.2. The summed E-state index contributed by atoms with van der Waals surface area (Å²) in [7, 11) is 10.8.